The average Bonchev–Trinajstić information content (AvgIpc) is 2.65. The molecule has 0 aliphatic rings. The molecule has 3 heteroatoms. The Morgan fingerprint density at radius 2 is 2.06 bits per heavy atom. The summed E-state index contributed by atoms with van der Waals surface area (Å²) in [4.78, 5) is 12.1. The monoisotopic (exact) mass is 228 g/mol. The first kappa shape index (κ1) is 11.6. The smallest absolute Gasteiger partial charge is 0.184 e. The van der Waals surface area contributed by atoms with Crippen LogP contribution in [0, 0.1) is 0 Å². The molecule has 1 aromatic carbocycles. The Hall–Kier alpha value is -1.90. The van der Waals surface area contributed by atoms with E-state index >= 15 is 0 Å². The summed E-state index contributed by atoms with van der Waals surface area (Å²) in [6.07, 6.45) is 1.21. The number of hydrogen-bond donors (Lipinski definition) is 0. The van der Waals surface area contributed by atoms with E-state index in [-0.39, 0.29) is 5.78 Å². The molecule has 0 aliphatic carbocycles. The van der Waals surface area contributed by atoms with Gasteiger partial charge in [0.15, 0.2) is 5.78 Å². The van der Waals surface area contributed by atoms with E-state index in [2.05, 4.69) is 11.7 Å². The number of hydrogen-bond acceptors (Lipinski definition) is 2. The summed E-state index contributed by atoms with van der Waals surface area (Å²) in [6.45, 7) is 5.74. The highest BCUT2D eigenvalue weighted by atomic mass is 16.1. The summed E-state index contributed by atoms with van der Waals surface area (Å²) in [5, 5.41) is 5.24. The van der Waals surface area contributed by atoms with Crippen LogP contribution < -0.4 is 0 Å². The Morgan fingerprint density at radius 1 is 1.35 bits per heavy atom. The van der Waals surface area contributed by atoms with Crippen molar-refractivity contribution in [3.63, 3.8) is 0 Å². The number of carbonyl (C=O) groups excluding carboxylic acids is 1. The zero-order valence-electron chi connectivity index (χ0n) is 10.2. The lowest BCUT2D eigenvalue weighted by molar-refractivity contribution is 0.0979. The molecular weight excluding hydrogens is 212 g/mol. The van der Waals surface area contributed by atoms with Crippen LogP contribution in [0.3, 0.4) is 0 Å². The third-order valence-electron chi connectivity index (χ3n) is 2.80. The highest BCUT2D eigenvalue weighted by Crippen LogP contribution is 2.19. The largest absolute Gasteiger partial charge is 0.292 e. The minimum Gasteiger partial charge on any atom is -0.292 e. The second-order valence-electron chi connectivity index (χ2n) is 4.37. The van der Waals surface area contributed by atoms with Crippen LogP contribution in [0.15, 0.2) is 36.4 Å². The number of aryl methyl sites for hydroxylation is 1. The van der Waals surface area contributed by atoms with Crippen molar-refractivity contribution in [1.82, 2.24) is 9.78 Å². The van der Waals surface area contributed by atoms with Gasteiger partial charge in [0.2, 0.25) is 0 Å². The van der Waals surface area contributed by atoms with Gasteiger partial charge in [-0.1, -0.05) is 23.8 Å². The molecular formula is C14H16N2O. The molecule has 0 N–H and O–H groups in total. The molecule has 0 aliphatic heterocycles. The first-order chi connectivity index (χ1) is 8.09. The normalized spacial score (nSPS) is 10.7. The van der Waals surface area contributed by atoms with Crippen molar-refractivity contribution >= 4 is 16.7 Å². The van der Waals surface area contributed by atoms with E-state index in [1.807, 2.05) is 38.2 Å². The first-order valence-corrected chi connectivity index (χ1v) is 5.69. The second kappa shape index (κ2) is 4.53. The number of fused-ring (bicyclic) bond motifs is 1. The number of nitrogens with zero attached hydrogens (tertiary/aromatic N) is 2. The van der Waals surface area contributed by atoms with Gasteiger partial charge in [0, 0.05) is 18.9 Å². The zero-order chi connectivity index (χ0) is 12.4. The minimum atomic E-state index is 0.0878. The fourth-order valence-electron chi connectivity index (χ4n) is 1.87. The van der Waals surface area contributed by atoms with Crippen LogP contribution in [0.25, 0.3) is 10.9 Å². The number of aromatic nitrogens is 2. The van der Waals surface area contributed by atoms with Gasteiger partial charge in [-0.3, -0.25) is 9.48 Å². The van der Waals surface area contributed by atoms with Crippen molar-refractivity contribution in [2.75, 3.05) is 0 Å². The Morgan fingerprint density at radius 3 is 2.76 bits per heavy atom. The van der Waals surface area contributed by atoms with E-state index in [1.165, 1.54) is 0 Å². The van der Waals surface area contributed by atoms with Crippen molar-refractivity contribution in [2.45, 2.75) is 19.8 Å². The summed E-state index contributed by atoms with van der Waals surface area (Å²) in [5.41, 5.74) is 2.59. The van der Waals surface area contributed by atoms with Gasteiger partial charge in [-0.15, -0.1) is 6.58 Å². The van der Waals surface area contributed by atoms with Crippen LogP contribution in [0.5, 0.6) is 0 Å². The third kappa shape index (κ3) is 2.28. The standard InChI is InChI=1S/C14H16N2O/c1-10(2)8-9-13(17)14-11-6-4-5-7-12(11)16(3)15-14/h4-7H,1,8-9H2,2-3H3. The number of ketones is 1. The summed E-state index contributed by atoms with van der Waals surface area (Å²) in [6, 6.07) is 7.79. The molecule has 1 heterocycles. The van der Waals surface area contributed by atoms with Gasteiger partial charge in [0.1, 0.15) is 5.69 Å². The minimum absolute atomic E-state index is 0.0878. The van der Waals surface area contributed by atoms with E-state index in [9.17, 15) is 4.79 Å². The average molecular weight is 228 g/mol. The number of Topliss-reactive ketones (excluding diaryl/α,β-unsaturated/α-hetero) is 1. The topological polar surface area (TPSA) is 34.9 Å². The molecule has 0 saturated carbocycles. The summed E-state index contributed by atoms with van der Waals surface area (Å²) >= 11 is 0. The van der Waals surface area contributed by atoms with E-state index in [1.54, 1.807) is 4.68 Å². The number of para-hydroxylation sites is 1. The predicted molar refractivity (Wildman–Crippen MR) is 69.1 cm³/mol. The third-order valence-corrected chi connectivity index (χ3v) is 2.80. The lowest BCUT2D eigenvalue weighted by Gasteiger charge is -1.97. The van der Waals surface area contributed by atoms with Crippen LogP contribution in [-0.2, 0) is 7.05 Å². The molecule has 3 nitrogen and oxygen atoms in total. The Bertz CT molecular complexity index is 581. The van der Waals surface area contributed by atoms with Crippen LogP contribution in [0.2, 0.25) is 0 Å². The molecule has 0 saturated heterocycles. The Balaban J connectivity index is 2.35. The summed E-state index contributed by atoms with van der Waals surface area (Å²) in [5.74, 6) is 0.0878. The van der Waals surface area contributed by atoms with Crippen molar-refractivity contribution in [3.8, 4) is 0 Å². The molecule has 1 aromatic heterocycles. The molecule has 0 radical (unpaired) electrons. The van der Waals surface area contributed by atoms with Crippen LogP contribution in [0.1, 0.15) is 30.3 Å². The lowest BCUT2D eigenvalue weighted by Crippen LogP contribution is -2.01. The van der Waals surface area contributed by atoms with Gasteiger partial charge < -0.3 is 0 Å². The van der Waals surface area contributed by atoms with E-state index in [0.717, 1.165) is 22.9 Å². The summed E-state index contributed by atoms with van der Waals surface area (Å²) < 4.78 is 1.75. The molecule has 2 rings (SSSR count). The maximum atomic E-state index is 12.1. The molecule has 0 bridgehead atoms. The number of rotatable bonds is 4. The predicted octanol–water partition coefficient (Wildman–Crippen LogP) is 3.11. The van der Waals surface area contributed by atoms with E-state index < -0.39 is 0 Å². The van der Waals surface area contributed by atoms with Gasteiger partial charge in [-0.2, -0.15) is 5.10 Å². The Kier molecular flexibility index (Phi) is 3.09. The molecule has 0 amide bonds. The van der Waals surface area contributed by atoms with E-state index in [4.69, 9.17) is 0 Å². The molecule has 0 atom stereocenters. The van der Waals surface area contributed by atoms with Gasteiger partial charge in [0.25, 0.3) is 0 Å². The van der Waals surface area contributed by atoms with Gasteiger partial charge in [-0.25, -0.2) is 0 Å². The van der Waals surface area contributed by atoms with Crippen LogP contribution in [-0.4, -0.2) is 15.6 Å². The molecule has 88 valence electrons. The zero-order valence-corrected chi connectivity index (χ0v) is 10.2. The number of allylic oxidation sites excluding steroid dienone is 1. The van der Waals surface area contributed by atoms with Gasteiger partial charge in [0.05, 0.1) is 5.52 Å². The lowest BCUT2D eigenvalue weighted by atomic mass is 10.1. The number of benzene rings is 1. The fourth-order valence-corrected chi connectivity index (χ4v) is 1.87. The maximum Gasteiger partial charge on any atom is 0.184 e. The molecule has 2 aromatic rings. The van der Waals surface area contributed by atoms with Gasteiger partial charge >= 0.3 is 0 Å². The van der Waals surface area contributed by atoms with Crippen LogP contribution in [0.4, 0.5) is 0 Å². The summed E-state index contributed by atoms with van der Waals surface area (Å²) in [7, 11) is 1.86. The molecule has 0 fully saturated rings. The van der Waals surface area contributed by atoms with E-state index in [0.29, 0.717) is 12.1 Å². The molecule has 0 unspecified atom stereocenters. The highest BCUT2D eigenvalue weighted by molar-refractivity contribution is 6.06. The second-order valence-corrected chi connectivity index (χ2v) is 4.37. The highest BCUT2D eigenvalue weighted by Gasteiger charge is 2.14. The van der Waals surface area contributed by atoms with Gasteiger partial charge in [-0.05, 0) is 19.4 Å². The maximum absolute atomic E-state index is 12.1. The fraction of sp³-hybridized carbons (Fsp3) is 0.286. The SMILES string of the molecule is C=C(C)CCC(=O)c1nn(C)c2ccccc12. The number of carbonyl (C=O) groups is 1. The Labute approximate surface area is 101 Å². The quantitative estimate of drug-likeness (QED) is 0.595. The molecule has 0 spiro atoms. The van der Waals surface area contributed by atoms with Crippen molar-refractivity contribution in [3.05, 3.63) is 42.1 Å². The first-order valence-electron chi connectivity index (χ1n) is 5.69. The van der Waals surface area contributed by atoms with Crippen LogP contribution >= 0.6 is 0 Å². The molecule has 17 heavy (non-hydrogen) atoms. The van der Waals surface area contributed by atoms with Crippen molar-refractivity contribution in [2.24, 2.45) is 7.05 Å². The van der Waals surface area contributed by atoms with Crippen molar-refractivity contribution < 1.29 is 4.79 Å². The van der Waals surface area contributed by atoms with Crippen molar-refractivity contribution in [1.29, 1.82) is 0 Å².